The topological polar surface area (TPSA) is 101 Å². The lowest BCUT2D eigenvalue weighted by Crippen LogP contribution is -2.43. The Morgan fingerprint density at radius 3 is 2.83 bits per heavy atom. The Kier molecular flexibility index (Phi) is 5.75. The van der Waals surface area contributed by atoms with Gasteiger partial charge in [-0.2, -0.15) is 4.98 Å². The lowest BCUT2D eigenvalue weighted by molar-refractivity contribution is -0.123. The van der Waals surface area contributed by atoms with E-state index in [4.69, 9.17) is 20.9 Å². The second-order valence-corrected chi connectivity index (χ2v) is 7.05. The normalized spacial score (nSPS) is 18.6. The molecule has 4 rings (SSSR count). The van der Waals surface area contributed by atoms with Crippen molar-refractivity contribution in [2.45, 2.75) is 25.0 Å². The first-order valence-electron chi connectivity index (χ1n) is 9.14. The van der Waals surface area contributed by atoms with Gasteiger partial charge < -0.3 is 14.6 Å². The number of carbonyl (C=O) groups is 1. The van der Waals surface area contributed by atoms with Crippen LogP contribution in [0.2, 0.25) is 5.02 Å². The molecule has 2 atom stereocenters. The maximum absolute atomic E-state index is 12.5. The molecular weight excluding hydrogens is 394 g/mol. The van der Waals surface area contributed by atoms with Crippen LogP contribution in [0.5, 0.6) is 5.75 Å². The Hall–Kier alpha value is -2.94. The average molecular weight is 414 g/mol. The molecule has 3 N–H and O–H groups in total. The molecule has 1 aliphatic heterocycles. The molecule has 1 amide bonds. The summed E-state index contributed by atoms with van der Waals surface area (Å²) in [7, 11) is 1.63. The van der Waals surface area contributed by atoms with Crippen LogP contribution in [0.4, 0.5) is 0 Å². The Balaban J connectivity index is 1.33. The fourth-order valence-corrected chi connectivity index (χ4v) is 3.34. The van der Waals surface area contributed by atoms with E-state index in [0.717, 1.165) is 16.9 Å². The molecule has 3 aromatic rings. The predicted octanol–water partition coefficient (Wildman–Crippen LogP) is 2.62. The van der Waals surface area contributed by atoms with Crippen molar-refractivity contribution in [3.63, 3.8) is 0 Å². The van der Waals surface area contributed by atoms with Gasteiger partial charge in [-0.15, -0.1) is 0 Å². The maximum Gasteiger partial charge on any atom is 0.257 e. The molecule has 2 aromatic carbocycles. The summed E-state index contributed by atoms with van der Waals surface area (Å²) in [6.07, 6.45) is 0.592. The third-order valence-corrected chi connectivity index (χ3v) is 4.97. The molecule has 8 nitrogen and oxygen atoms in total. The third-order valence-electron chi connectivity index (χ3n) is 4.71. The SMILES string of the molecule is COc1ccccc1C1CC(C(=O)NCc2noc(-c3ccc(Cl)cc3)n2)NN1. The van der Waals surface area contributed by atoms with Gasteiger partial charge >= 0.3 is 0 Å². The highest BCUT2D eigenvalue weighted by atomic mass is 35.5. The van der Waals surface area contributed by atoms with E-state index in [9.17, 15) is 4.79 Å². The van der Waals surface area contributed by atoms with Crippen LogP contribution in [0.3, 0.4) is 0 Å². The van der Waals surface area contributed by atoms with Crippen LogP contribution in [-0.4, -0.2) is 29.2 Å². The zero-order valence-corrected chi connectivity index (χ0v) is 16.4. The lowest BCUT2D eigenvalue weighted by atomic mass is 10.0. The predicted molar refractivity (Wildman–Crippen MR) is 107 cm³/mol. The van der Waals surface area contributed by atoms with Gasteiger partial charge in [-0.05, 0) is 36.8 Å². The number of carbonyl (C=O) groups excluding carboxylic acids is 1. The average Bonchev–Trinajstić information content (AvgIpc) is 3.42. The molecule has 1 aromatic heterocycles. The minimum Gasteiger partial charge on any atom is -0.496 e. The minimum absolute atomic E-state index is 0.0245. The number of ether oxygens (including phenoxy) is 1. The molecule has 2 unspecified atom stereocenters. The van der Waals surface area contributed by atoms with Gasteiger partial charge in [-0.1, -0.05) is 35.0 Å². The van der Waals surface area contributed by atoms with E-state index in [0.29, 0.717) is 23.2 Å². The van der Waals surface area contributed by atoms with Gasteiger partial charge in [0.15, 0.2) is 5.82 Å². The van der Waals surface area contributed by atoms with Crippen LogP contribution in [0, 0.1) is 0 Å². The van der Waals surface area contributed by atoms with Crippen molar-refractivity contribution >= 4 is 17.5 Å². The van der Waals surface area contributed by atoms with Crippen LogP contribution in [0.25, 0.3) is 11.5 Å². The smallest absolute Gasteiger partial charge is 0.257 e. The summed E-state index contributed by atoms with van der Waals surface area (Å²) in [5.74, 6) is 1.42. The van der Waals surface area contributed by atoms with Crippen molar-refractivity contribution in [1.29, 1.82) is 0 Å². The molecule has 1 saturated heterocycles. The molecule has 0 spiro atoms. The number of rotatable bonds is 6. The number of aromatic nitrogens is 2. The zero-order valence-electron chi connectivity index (χ0n) is 15.7. The van der Waals surface area contributed by atoms with Gasteiger partial charge in [0.1, 0.15) is 11.8 Å². The van der Waals surface area contributed by atoms with Crippen LogP contribution < -0.4 is 20.9 Å². The molecule has 1 fully saturated rings. The molecule has 0 saturated carbocycles. The van der Waals surface area contributed by atoms with E-state index in [-0.39, 0.29) is 24.5 Å². The summed E-state index contributed by atoms with van der Waals surface area (Å²) in [6.45, 7) is 0.174. The number of benzene rings is 2. The number of para-hydroxylation sites is 1. The van der Waals surface area contributed by atoms with Gasteiger partial charge in [0.05, 0.1) is 19.7 Å². The minimum atomic E-state index is -0.382. The second kappa shape index (κ2) is 8.60. The fourth-order valence-electron chi connectivity index (χ4n) is 3.21. The van der Waals surface area contributed by atoms with Gasteiger partial charge in [-0.25, -0.2) is 10.9 Å². The third kappa shape index (κ3) is 4.40. The van der Waals surface area contributed by atoms with Crippen molar-refractivity contribution in [3.8, 4) is 17.2 Å². The molecule has 0 aliphatic carbocycles. The summed E-state index contributed by atoms with van der Waals surface area (Å²) in [5, 5.41) is 7.38. The first kappa shape index (κ1) is 19.4. The first-order valence-corrected chi connectivity index (χ1v) is 9.52. The second-order valence-electron chi connectivity index (χ2n) is 6.61. The number of amides is 1. The Morgan fingerprint density at radius 1 is 1.24 bits per heavy atom. The number of nitrogens with one attached hydrogen (secondary N) is 3. The number of hydrazine groups is 1. The Morgan fingerprint density at radius 2 is 2.03 bits per heavy atom. The molecule has 29 heavy (non-hydrogen) atoms. The van der Waals surface area contributed by atoms with Gasteiger partial charge in [0, 0.05) is 16.1 Å². The Labute approximate surface area is 172 Å². The van der Waals surface area contributed by atoms with Gasteiger partial charge in [-0.3, -0.25) is 4.79 Å². The quantitative estimate of drug-likeness (QED) is 0.571. The molecule has 9 heteroatoms. The maximum atomic E-state index is 12.5. The number of methoxy groups -OCH3 is 1. The van der Waals surface area contributed by atoms with Crippen molar-refractivity contribution in [2.75, 3.05) is 7.11 Å². The van der Waals surface area contributed by atoms with Crippen LogP contribution in [0.15, 0.2) is 53.1 Å². The zero-order chi connectivity index (χ0) is 20.2. The van der Waals surface area contributed by atoms with Crippen molar-refractivity contribution < 1.29 is 14.1 Å². The van der Waals surface area contributed by atoms with Crippen molar-refractivity contribution in [1.82, 2.24) is 26.3 Å². The highest BCUT2D eigenvalue weighted by molar-refractivity contribution is 6.30. The summed E-state index contributed by atoms with van der Waals surface area (Å²) in [5.41, 5.74) is 7.96. The highest BCUT2D eigenvalue weighted by Gasteiger charge is 2.31. The largest absolute Gasteiger partial charge is 0.496 e. The molecule has 0 bridgehead atoms. The van der Waals surface area contributed by atoms with Crippen LogP contribution in [-0.2, 0) is 11.3 Å². The monoisotopic (exact) mass is 413 g/mol. The molecule has 1 aliphatic rings. The first-order chi connectivity index (χ1) is 14.1. The van der Waals surface area contributed by atoms with Gasteiger partial charge in [0.2, 0.25) is 5.91 Å². The summed E-state index contributed by atoms with van der Waals surface area (Å²) < 4.78 is 10.7. The lowest BCUT2D eigenvalue weighted by Gasteiger charge is -2.13. The molecule has 150 valence electrons. The van der Waals surface area contributed by atoms with E-state index < -0.39 is 0 Å². The van der Waals surface area contributed by atoms with Crippen LogP contribution in [0.1, 0.15) is 23.9 Å². The number of nitrogens with zero attached hydrogens (tertiary/aromatic N) is 2. The molecule has 0 radical (unpaired) electrons. The fraction of sp³-hybridized carbons (Fsp3) is 0.250. The van der Waals surface area contributed by atoms with Gasteiger partial charge in [0.25, 0.3) is 5.89 Å². The Bertz CT molecular complexity index is 992. The standard InChI is InChI=1S/C20H20ClN5O3/c1-28-17-5-3-2-4-14(17)15-10-16(25-24-15)19(27)22-11-18-23-20(29-26-18)12-6-8-13(21)9-7-12/h2-9,15-16,24-25H,10-11H2,1H3,(H,22,27). The summed E-state index contributed by atoms with van der Waals surface area (Å²) >= 11 is 5.89. The molecule has 2 heterocycles. The van der Waals surface area contributed by atoms with E-state index >= 15 is 0 Å². The molecular formula is C20H20ClN5O3. The summed E-state index contributed by atoms with van der Waals surface area (Å²) in [4.78, 5) is 16.8. The van der Waals surface area contributed by atoms with Crippen molar-refractivity contribution in [3.05, 3.63) is 64.9 Å². The van der Waals surface area contributed by atoms with Crippen molar-refractivity contribution in [2.24, 2.45) is 0 Å². The van der Waals surface area contributed by atoms with E-state index in [1.165, 1.54) is 0 Å². The summed E-state index contributed by atoms with van der Waals surface area (Å²) in [6, 6.07) is 14.4. The van der Waals surface area contributed by atoms with E-state index in [2.05, 4.69) is 26.3 Å². The van der Waals surface area contributed by atoms with E-state index in [1.807, 2.05) is 24.3 Å². The highest BCUT2D eigenvalue weighted by Crippen LogP contribution is 2.29. The van der Waals surface area contributed by atoms with E-state index in [1.54, 1.807) is 31.4 Å². The number of halogens is 1. The number of hydrogen-bond acceptors (Lipinski definition) is 7. The van der Waals surface area contributed by atoms with Crippen LogP contribution >= 0.6 is 11.6 Å². The number of hydrogen-bond donors (Lipinski definition) is 3.